The SMILES string of the molecule is CC(C)Oc1ncc(C2=CN(c3ccc(F)c4c(CCC(=O)OC(=O)CCc5c[nH]c6c(-c7noc(-c8cnc(OC(C)C)c(C(F)(F)F)c8)n7)ccc(F)c56)cn(C)c34)NO2)cc1Cl. The van der Waals surface area contributed by atoms with E-state index >= 15 is 8.78 Å². The summed E-state index contributed by atoms with van der Waals surface area (Å²) in [5, 5.41) is 6.11. The van der Waals surface area contributed by atoms with E-state index in [4.69, 9.17) is 35.2 Å². The van der Waals surface area contributed by atoms with Crippen molar-refractivity contribution in [1.82, 2.24) is 35.2 Å². The molecule has 0 fully saturated rings. The molecule has 2 aromatic carbocycles. The molecular formula is C44H38ClF5N8O7. The maximum atomic E-state index is 15.5. The van der Waals surface area contributed by atoms with Gasteiger partial charge >= 0.3 is 18.1 Å². The molecule has 15 nitrogen and oxygen atoms in total. The van der Waals surface area contributed by atoms with Gasteiger partial charge in [0.05, 0.1) is 53.5 Å². The number of pyridine rings is 2. The minimum Gasteiger partial charge on any atom is -0.475 e. The molecule has 21 heteroatoms. The number of hydrogen-bond acceptors (Lipinski definition) is 13. The summed E-state index contributed by atoms with van der Waals surface area (Å²) >= 11 is 6.38. The molecule has 0 saturated heterocycles. The van der Waals surface area contributed by atoms with Crippen LogP contribution < -0.4 is 20.1 Å². The van der Waals surface area contributed by atoms with Gasteiger partial charge in [-0.3, -0.25) is 9.59 Å². The van der Waals surface area contributed by atoms with Crippen LogP contribution in [0.3, 0.4) is 0 Å². The lowest BCUT2D eigenvalue weighted by Gasteiger charge is -2.16. The molecule has 65 heavy (non-hydrogen) atoms. The molecule has 338 valence electrons. The number of nitrogens with zero attached hydrogens (tertiary/aromatic N) is 6. The third kappa shape index (κ3) is 9.30. The van der Waals surface area contributed by atoms with Crippen molar-refractivity contribution in [2.75, 3.05) is 5.01 Å². The van der Waals surface area contributed by atoms with Gasteiger partial charge in [0, 0.05) is 53.7 Å². The Labute approximate surface area is 371 Å². The third-order valence-electron chi connectivity index (χ3n) is 10.0. The van der Waals surface area contributed by atoms with Gasteiger partial charge in [0.15, 0.2) is 5.76 Å². The lowest BCUT2D eigenvalue weighted by Crippen LogP contribution is -2.27. The van der Waals surface area contributed by atoms with Crippen molar-refractivity contribution in [3.63, 3.8) is 0 Å². The number of esters is 2. The van der Waals surface area contributed by atoms with Crippen molar-refractivity contribution in [3.05, 3.63) is 106 Å². The number of rotatable bonds is 14. The molecule has 8 rings (SSSR count). The lowest BCUT2D eigenvalue weighted by molar-refractivity contribution is -0.159. The smallest absolute Gasteiger partial charge is 0.421 e. The summed E-state index contributed by atoms with van der Waals surface area (Å²) in [7, 11) is 1.72. The molecule has 5 aromatic heterocycles. The van der Waals surface area contributed by atoms with Crippen LogP contribution in [0.15, 0.2) is 71.9 Å². The molecule has 1 aliphatic rings. The van der Waals surface area contributed by atoms with E-state index in [0.717, 1.165) is 18.3 Å². The van der Waals surface area contributed by atoms with Crippen LogP contribution in [0, 0.1) is 11.6 Å². The first-order valence-corrected chi connectivity index (χ1v) is 20.5. The fourth-order valence-corrected chi connectivity index (χ4v) is 7.46. The van der Waals surface area contributed by atoms with Gasteiger partial charge < -0.3 is 33.1 Å². The van der Waals surface area contributed by atoms with Crippen LogP contribution in [-0.2, 0) is 45.2 Å². The van der Waals surface area contributed by atoms with E-state index in [2.05, 4.69) is 30.7 Å². The summed E-state index contributed by atoms with van der Waals surface area (Å²) in [6, 6.07) is 7.81. The van der Waals surface area contributed by atoms with Gasteiger partial charge in [0.2, 0.25) is 17.6 Å². The Morgan fingerprint density at radius 1 is 0.877 bits per heavy atom. The first kappa shape index (κ1) is 44.5. The number of hydrazine groups is 1. The Balaban J connectivity index is 0.913. The zero-order valence-electron chi connectivity index (χ0n) is 35.1. The topological polar surface area (TPSA) is 172 Å². The van der Waals surface area contributed by atoms with Crippen LogP contribution >= 0.6 is 11.6 Å². The molecule has 0 radical (unpaired) electrons. The summed E-state index contributed by atoms with van der Waals surface area (Å²) in [6.07, 6.45) is 1.43. The number of H-pyrrole nitrogens is 1. The van der Waals surface area contributed by atoms with Crippen molar-refractivity contribution >= 4 is 56.8 Å². The molecule has 6 heterocycles. The molecule has 0 unspecified atom stereocenters. The number of aromatic nitrogens is 6. The fraction of sp³-hybridized carbons (Fsp3) is 0.273. The average Bonchev–Trinajstić information content (AvgIpc) is 4.07. The third-order valence-corrected chi connectivity index (χ3v) is 10.3. The van der Waals surface area contributed by atoms with Crippen molar-refractivity contribution < 1.29 is 55.1 Å². The summed E-state index contributed by atoms with van der Waals surface area (Å²) in [5.74, 6) is -3.16. The first-order valence-electron chi connectivity index (χ1n) is 20.1. The van der Waals surface area contributed by atoms with Crippen molar-refractivity contribution in [2.24, 2.45) is 7.05 Å². The molecule has 2 N–H and O–H groups in total. The van der Waals surface area contributed by atoms with Crippen LogP contribution in [0.4, 0.5) is 27.6 Å². The number of aromatic amines is 1. The minimum atomic E-state index is -4.79. The second kappa shape index (κ2) is 17.8. The Morgan fingerprint density at radius 2 is 1.54 bits per heavy atom. The first-order chi connectivity index (χ1) is 30.9. The fourth-order valence-electron chi connectivity index (χ4n) is 7.25. The van der Waals surface area contributed by atoms with Crippen LogP contribution in [0.2, 0.25) is 5.02 Å². The van der Waals surface area contributed by atoms with Gasteiger partial charge in [-0.05, 0) is 88.1 Å². The van der Waals surface area contributed by atoms with Crippen LogP contribution in [0.1, 0.15) is 62.8 Å². The summed E-state index contributed by atoms with van der Waals surface area (Å²) in [6.45, 7) is 6.85. The van der Waals surface area contributed by atoms with E-state index < -0.39 is 47.3 Å². The number of anilines is 1. The number of carbonyl (C=O) groups excluding carboxylic acids is 2. The largest absolute Gasteiger partial charge is 0.475 e. The number of alkyl halides is 3. The quantitative estimate of drug-likeness (QED) is 0.0601. The zero-order valence-corrected chi connectivity index (χ0v) is 35.9. The van der Waals surface area contributed by atoms with Gasteiger partial charge in [-0.15, -0.1) is 0 Å². The van der Waals surface area contributed by atoms with Crippen LogP contribution in [0.5, 0.6) is 11.8 Å². The Kier molecular flexibility index (Phi) is 12.2. The highest BCUT2D eigenvalue weighted by molar-refractivity contribution is 6.32. The number of hydrogen-bond donors (Lipinski definition) is 2. The summed E-state index contributed by atoms with van der Waals surface area (Å²) < 4.78 is 95.2. The highest BCUT2D eigenvalue weighted by Crippen LogP contribution is 2.39. The van der Waals surface area contributed by atoms with Gasteiger partial charge in [0.25, 0.3) is 5.89 Å². The molecule has 0 spiro atoms. The highest BCUT2D eigenvalue weighted by atomic mass is 35.5. The number of ether oxygens (including phenoxy) is 3. The van der Waals surface area contributed by atoms with E-state index in [1.54, 1.807) is 61.2 Å². The maximum Gasteiger partial charge on any atom is 0.421 e. The maximum absolute atomic E-state index is 15.5. The zero-order chi connectivity index (χ0) is 46.3. The molecule has 0 aliphatic carbocycles. The van der Waals surface area contributed by atoms with Gasteiger partial charge in [-0.25, -0.2) is 23.8 Å². The molecule has 0 amide bonds. The number of benzene rings is 2. The van der Waals surface area contributed by atoms with Crippen molar-refractivity contribution in [1.29, 1.82) is 0 Å². The Bertz CT molecular complexity index is 3000. The van der Waals surface area contributed by atoms with Crippen LogP contribution in [0.25, 0.3) is 50.4 Å². The highest BCUT2D eigenvalue weighted by Gasteiger charge is 2.37. The normalized spacial score (nSPS) is 13.0. The molecule has 1 aliphatic heterocycles. The number of fused-ring (bicyclic) bond motifs is 2. The van der Waals surface area contributed by atoms with E-state index in [-0.39, 0.29) is 76.8 Å². The standard InChI is InChI=1S/C44H38ClF5N8O7/c1-21(2)61-42-28(44(48,49)50)14-26(18-52-42)41-54-40(55-65-41)27-8-9-30(46)36-23(16-51-38(27)36)6-12-34(59)63-35(60)13-7-24-19-57(5)39-32(11-10-31(47)37(24)39)58-20-33(64-56-58)25-15-29(45)43(53-17-25)62-22(3)4/h8-11,14-22,51,56H,6-7,12-13H2,1-5H3. The van der Waals surface area contributed by atoms with E-state index in [1.165, 1.54) is 18.3 Å². The molecule has 7 aromatic rings. The van der Waals surface area contributed by atoms with E-state index in [0.29, 0.717) is 38.7 Å². The summed E-state index contributed by atoms with van der Waals surface area (Å²) in [5.41, 5.74) is 4.46. The predicted molar refractivity (Wildman–Crippen MR) is 226 cm³/mol. The van der Waals surface area contributed by atoms with Gasteiger partial charge in [-0.1, -0.05) is 22.3 Å². The summed E-state index contributed by atoms with van der Waals surface area (Å²) in [4.78, 5) is 46.7. The predicted octanol–water partition coefficient (Wildman–Crippen LogP) is 9.58. The van der Waals surface area contributed by atoms with Crippen molar-refractivity contribution in [2.45, 2.75) is 71.8 Å². The Morgan fingerprint density at radius 3 is 2.25 bits per heavy atom. The number of nitrogens with one attached hydrogen (secondary N) is 2. The van der Waals surface area contributed by atoms with Crippen LogP contribution in [-0.4, -0.2) is 53.8 Å². The van der Waals surface area contributed by atoms with E-state index in [1.807, 2.05) is 13.8 Å². The van der Waals surface area contributed by atoms with Gasteiger partial charge in [0.1, 0.15) is 22.2 Å². The van der Waals surface area contributed by atoms with Gasteiger partial charge in [-0.2, -0.15) is 18.2 Å². The number of halogens is 6. The Hall–Kier alpha value is -7.06. The van der Waals surface area contributed by atoms with Crippen molar-refractivity contribution in [3.8, 4) is 34.6 Å². The second-order valence-corrected chi connectivity index (χ2v) is 15.9. The second-order valence-electron chi connectivity index (χ2n) is 15.5. The monoisotopic (exact) mass is 920 g/mol. The number of aryl methyl sites for hydroxylation is 3. The lowest BCUT2D eigenvalue weighted by atomic mass is 10.0. The molecule has 0 saturated carbocycles. The molecule has 0 bridgehead atoms. The van der Waals surface area contributed by atoms with E-state index in [9.17, 15) is 22.8 Å². The number of carbonyl (C=O) groups is 2. The molecule has 0 atom stereocenters. The average molecular weight is 921 g/mol. The molecular weight excluding hydrogens is 883 g/mol. The minimum absolute atomic E-state index is 0.0376.